The van der Waals surface area contributed by atoms with Gasteiger partial charge in [-0.2, -0.15) is 13.2 Å². The van der Waals surface area contributed by atoms with Crippen LogP contribution in [0.4, 0.5) is 32.0 Å². The summed E-state index contributed by atoms with van der Waals surface area (Å²) in [5.74, 6) is -2.73. The number of alkyl halides is 6. The van der Waals surface area contributed by atoms with E-state index in [1.165, 1.54) is 18.3 Å². The molecular formula is C26H20ClF6N3O4. The van der Waals surface area contributed by atoms with Crippen LogP contribution in [-0.2, 0) is 11.3 Å². The molecule has 4 rings (SSSR count). The normalized spacial score (nSPS) is 17.7. The third kappa shape index (κ3) is 6.95. The number of halogens is 7. The van der Waals surface area contributed by atoms with E-state index >= 15 is 0 Å². The van der Waals surface area contributed by atoms with Crippen LogP contribution >= 0.6 is 11.6 Å². The Kier molecular flexibility index (Phi) is 8.15. The molecule has 0 bridgehead atoms. The number of aryl methyl sites for hydroxylation is 1. The molecule has 212 valence electrons. The maximum Gasteiger partial charge on any atom is 0.573 e. The van der Waals surface area contributed by atoms with E-state index in [0.29, 0.717) is 10.6 Å². The van der Waals surface area contributed by atoms with E-state index in [1.807, 2.05) is 0 Å². The summed E-state index contributed by atoms with van der Waals surface area (Å²) in [6.07, 6.45) is -9.48. The molecule has 1 aromatic heterocycles. The number of ether oxygens (including phenoxy) is 1. The lowest BCUT2D eigenvalue weighted by molar-refractivity contribution is -0.274. The smallest absolute Gasteiger partial charge is 0.406 e. The van der Waals surface area contributed by atoms with Gasteiger partial charge in [0.15, 0.2) is 0 Å². The summed E-state index contributed by atoms with van der Waals surface area (Å²) in [4.78, 5) is 40.6. The number of benzene rings is 2. The summed E-state index contributed by atoms with van der Waals surface area (Å²) in [6, 6.07) is 11.8. The number of amides is 2. The largest absolute Gasteiger partial charge is 0.573 e. The summed E-state index contributed by atoms with van der Waals surface area (Å²) in [5, 5.41) is 2.98. The lowest BCUT2D eigenvalue weighted by atomic mass is 9.94. The minimum Gasteiger partial charge on any atom is -0.406 e. The van der Waals surface area contributed by atoms with Gasteiger partial charge in [-0.15, -0.1) is 13.2 Å². The predicted molar refractivity (Wildman–Crippen MR) is 132 cm³/mol. The van der Waals surface area contributed by atoms with Crippen LogP contribution in [-0.4, -0.2) is 41.5 Å². The van der Waals surface area contributed by atoms with Crippen LogP contribution in [0.2, 0.25) is 5.02 Å². The van der Waals surface area contributed by atoms with Gasteiger partial charge in [0.2, 0.25) is 5.91 Å². The Labute approximate surface area is 227 Å². The van der Waals surface area contributed by atoms with Crippen molar-refractivity contribution in [3.05, 3.63) is 93.4 Å². The molecule has 2 aromatic carbocycles. The molecule has 7 nitrogen and oxygen atoms in total. The number of nitrogens with one attached hydrogen (secondary N) is 1. The second-order valence-electron chi connectivity index (χ2n) is 8.89. The number of pyridine rings is 1. The molecule has 1 unspecified atom stereocenters. The van der Waals surface area contributed by atoms with Crippen LogP contribution in [0.3, 0.4) is 0 Å². The lowest BCUT2D eigenvalue weighted by Gasteiger charge is -2.19. The maximum atomic E-state index is 13.5. The summed E-state index contributed by atoms with van der Waals surface area (Å²) in [7, 11) is 0. The van der Waals surface area contributed by atoms with E-state index in [4.69, 9.17) is 11.6 Å². The molecule has 14 heteroatoms. The van der Waals surface area contributed by atoms with Gasteiger partial charge in [-0.25, -0.2) is 0 Å². The van der Waals surface area contributed by atoms with Gasteiger partial charge in [0.1, 0.15) is 17.5 Å². The van der Waals surface area contributed by atoms with Crippen LogP contribution in [0.15, 0.2) is 71.7 Å². The summed E-state index contributed by atoms with van der Waals surface area (Å²) < 4.78 is 80.1. The molecule has 0 radical (unpaired) electrons. The molecule has 2 heterocycles. The molecular weight excluding hydrogens is 568 g/mol. The molecule has 0 saturated carbocycles. The molecule has 1 N–H and O–H groups in total. The van der Waals surface area contributed by atoms with Gasteiger partial charge >= 0.3 is 12.5 Å². The monoisotopic (exact) mass is 587 g/mol. The Bertz CT molecular complexity index is 1440. The van der Waals surface area contributed by atoms with E-state index in [-0.39, 0.29) is 17.8 Å². The third-order valence-corrected chi connectivity index (χ3v) is 6.43. The van der Waals surface area contributed by atoms with Gasteiger partial charge in [-0.1, -0.05) is 23.7 Å². The first-order chi connectivity index (χ1) is 18.7. The zero-order valence-electron chi connectivity index (χ0n) is 20.3. The first-order valence-corrected chi connectivity index (χ1v) is 12.1. The highest BCUT2D eigenvalue weighted by molar-refractivity contribution is 6.30. The predicted octanol–water partition coefficient (Wildman–Crippen LogP) is 5.28. The number of rotatable bonds is 7. The van der Waals surface area contributed by atoms with Crippen molar-refractivity contribution in [3.8, 4) is 5.75 Å². The third-order valence-electron chi connectivity index (χ3n) is 6.18. The minimum atomic E-state index is -4.92. The van der Waals surface area contributed by atoms with Crippen molar-refractivity contribution in [2.75, 3.05) is 11.4 Å². The van der Waals surface area contributed by atoms with Crippen molar-refractivity contribution in [1.29, 1.82) is 0 Å². The number of nitrogens with zero attached hydrogens (tertiary/aromatic N) is 2. The molecule has 1 fully saturated rings. The van der Waals surface area contributed by atoms with Crippen LogP contribution in [0.5, 0.6) is 5.75 Å². The number of carbonyl (C=O) groups is 2. The van der Waals surface area contributed by atoms with Crippen molar-refractivity contribution in [3.63, 3.8) is 0 Å². The zero-order chi connectivity index (χ0) is 29.2. The van der Waals surface area contributed by atoms with Gasteiger partial charge in [0, 0.05) is 35.8 Å². The molecule has 3 aromatic rings. The van der Waals surface area contributed by atoms with Crippen LogP contribution in [0, 0.1) is 0 Å². The molecule has 2 amide bonds. The zero-order valence-corrected chi connectivity index (χ0v) is 21.1. The number of hydrogen-bond donors (Lipinski definition) is 1. The number of carbonyl (C=O) groups excluding carboxylic acids is 2. The average molecular weight is 588 g/mol. The fraction of sp³-hybridized carbons (Fsp3) is 0.269. The quantitative estimate of drug-likeness (QED) is 0.382. The summed E-state index contributed by atoms with van der Waals surface area (Å²) in [6.45, 7) is -0.741. The van der Waals surface area contributed by atoms with Crippen LogP contribution < -0.4 is 20.5 Å². The Morgan fingerprint density at radius 2 is 1.62 bits per heavy atom. The average Bonchev–Trinajstić information content (AvgIpc) is 3.18. The van der Waals surface area contributed by atoms with E-state index in [9.17, 15) is 40.7 Å². The maximum absolute atomic E-state index is 13.5. The van der Waals surface area contributed by atoms with Gasteiger partial charge in [0.25, 0.3) is 11.5 Å². The van der Waals surface area contributed by atoms with E-state index in [0.717, 1.165) is 33.7 Å². The van der Waals surface area contributed by atoms with Gasteiger partial charge in [-0.05, 0) is 54.1 Å². The SMILES string of the molecule is O=C(NC1C(=O)N(c2cccn(CCC(F)(F)F)c2=O)C[C@H]1c1ccc(Cl)cc1)c1ccc(OC(F)(F)F)cc1. The highest BCUT2D eigenvalue weighted by Crippen LogP contribution is 2.32. The first-order valence-electron chi connectivity index (χ1n) is 11.7. The second-order valence-corrected chi connectivity index (χ2v) is 9.32. The summed E-state index contributed by atoms with van der Waals surface area (Å²) >= 11 is 5.97. The van der Waals surface area contributed by atoms with Crippen LogP contribution in [0.25, 0.3) is 0 Å². The van der Waals surface area contributed by atoms with E-state index in [2.05, 4.69) is 10.1 Å². The number of aromatic nitrogens is 1. The molecule has 0 aliphatic carbocycles. The van der Waals surface area contributed by atoms with Gasteiger partial charge < -0.3 is 19.5 Å². The van der Waals surface area contributed by atoms with Crippen molar-refractivity contribution in [2.45, 2.75) is 37.5 Å². The van der Waals surface area contributed by atoms with Gasteiger partial charge in [-0.3, -0.25) is 14.4 Å². The van der Waals surface area contributed by atoms with Crippen molar-refractivity contribution in [1.82, 2.24) is 9.88 Å². The first kappa shape index (κ1) is 29.0. The Hall–Kier alpha value is -4.00. The minimum absolute atomic E-state index is 0.0650. The molecule has 0 spiro atoms. The summed E-state index contributed by atoms with van der Waals surface area (Å²) in [5.41, 5.74) is -0.473. The van der Waals surface area contributed by atoms with Crippen molar-refractivity contribution in [2.24, 2.45) is 0 Å². The van der Waals surface area contributed by atoms with Crippen molar-refractivity contribution >= 4 is 29.1 Å². The molecule has 1 saturated heterocycles. The lowest BCUT2D eigenvalue weighted by Crippen LogP contribution is -2.44. The number of hydrogen-bond acceptors (Lipinski definition) is 4. The number of anilines is 1. The molecule has 1 aliphatic heterocycles. The fourth-order valence-corrected chi connectivity index (χ4v) is 4.43. The Morgan fingerprint density at radius 1 is 0.975 bits per heavy atom. The fourth-order valence-electron chi connectivity index (χ4n) is 4.30. The second kappa shape index (κ2) is 11.2. The Balaban J connectivity index is 1.62. The highest BCUT2D eigenvalue weighted by atomic mass is 35.5. The Morgan fingerprint density at radius 3 is 2.23 bits per heavy atom. The van der Waals surface area contributed by atoms with E-state index in [1.54, 1.807) is 24.3 Å². The highest BCUT2D eigenvalue weighted by Gasteiger charge is 2.44. The molecule has 2 atom stereocenters. The molecule has 1 aliphatic rings. The van der Waals surface area contributed by atoms with Gasteiger partial charge in [0.05, 0.1) is 6.42 Å². The topological polar surface area (TPSA) is 80.6 Å². The van der Waals surface area contributed by atoms with Crippen molar-refractivity contribution < 1.29 is 40.7 Å². The van der Waals surface area contributed by atoms with Crippen LogP contribution in [0.1, 0.15) is 28.3 Å². The van der Waals surface area contributed by atoms with E-state index < -0.39 is 60.6 Å². The molecule has 40 heavy (non-hydrogen) atoms. The standard InChI is InChI=1S/C26H20ClF6N3O4/c27-17-7-3-15(4-8-17)19-14-36(20-2-1-12-35(23(20)38)13-11-25(28,29)30)24(39)21(19)34-22(37)16-5-9-18(10-6-16)40-26(31,32)33/h1-10,12,19,21H,11,13-14H2,(H,34,37)/t19-,21?/m0/s1.